The highest BCUT2D eigenvalue weighted by Crippen LogP contribution is 2.43. The molecule has 6 aromatic rings. The molecule has 0 aliphatic rings. The predicted octanol–water partition coefficient (Wildman–Crippen LogP) is 7.30. The van der Waals surface area contributed by atoms with E-state index < -0.39 is 11.1 Å². The highest BCUT2D eigenvalue weighted by atomic mass is 32.1. The molecule has 0 N–H and O–H groups in total. The Bertz CT molecular complexity index is 2100. The minimum absolute atomic E-state index is 0.0679. The van der Waals surface area contributed by atoms with Crippen molar-refractivity contribution in [2.24, 2.45) is 0 Å². The Morgan fingerprint density at radius 2 is 1.29 bits per heavy atom. The number of pyridine rings is 1. The van der Waals surface area contributed by atoms with Crippen LogP contribution in [0.2, 0.25) is 0 Å². The van der Waals surface area contributed by atoms with E-state index in [0.29, 0.717) is 48.4 Å². The van der Waals surface area contributed by atoms with Gasteiger partial charge in [0.25, 0.3) is 11.1 Å². The van der Waals surface area contributed by atoms with Crippen LogP contribution in [0.1, 0.15) is 61.8 Å². The quantitative estimate of drug-likeness (QED) is 0.183. The zero-order valence-corrected chi connectivity index (χ0v) is 22.2. The van der Waals surface area contributed by atoms with Crippen molar-refractivity contribution in [2.45, 2.75) is 39.5 Å². The third-order valence-electron chi connectivity index (χ3n) is 7.40. The highest BCUT2D eigenvalue weighted by Gasteiger charge is 2.26. The summed E-state index contributed by atoms with van der Waals surface area (Å²) in [5.41, 5.74) is 2.22. The molecular formula is C32H23N3O2S. The van der Waals surface area contributed by atoms with Crippen molar-refractivity contribution < 1.29 is 0 Å². The van der Waals surface area contributed by atoms with Crippen LogP contribution >= 0.6 is 11.3 Å². The molecule has 4 aromatic carbocycles. The maximum Gasteiger partial charge on any atom is 0.266 e. The lowest BCUT2D eigenvalue weighted by molar-refractivity contribution is 0.792. The molecule has 0 amide bonds. The number of para-hydroxylation sites is 1. The molecule has 0 unspecified atom stereocenters. The second kappa shape index (κ2) is 8.52. The summed E-state index contributed by atoms with van der Waals surface area (Å²) in [4.78, 5) is 28.6. The first-order valence-corrected chi connectivity index (χ1v) is 13.4. The van der Waals surface area contributed by atoms with Crippen molar-refractivity contribution in [2.75, 3.05) is 0 Å². The molecule has 0 spiro atoms. The summed E-state index contributed by atoms with van der Waals surface area (Å²) in [6.45, 7) is 8.16. The monoisotopic (exact) mass is 513 g/mol. The van der Waals surface area contributed by atoms with Gasteiger partial charge >= 0.3 is 0 Å². The average Bonchev–Trinajstić information content (AvgIpc) is 2.92. The molecule has 5 nitrogen and oxygen atoms in total. The SMILES string of the molecule is CC(C)c1cccc(C(C)C)c1-n1c(=O)c2cc(C#N)c3sc4ccccc4c4c(C#N)cc(c1=O)c2c34. The maximum absolute atomic E-state index is 14.3. The zero-order chi connectivity index (χ0) is 26.9. The van der Waals surface area contributed by atoms with Crippen molar-refractivity contribution in [3.05, 3.63) is 97.6 Å². The molecule has 2 heterocycles. The Labute approximate surface area is 222 Å². The number of hydrogen-bond donors (Lipinski definition) is 0. The number of hydrogen-bond acceptors (Lipinski definition) is 5. The van der Waals surface area contributed by atoms with Gasteiger partial charge in [-0.2, -0.15) is 10.5 Å². The van der Waals surface area contributed by atoms with E-state index in [1.54, 1.807) is 12.1 Å². The molecule has 2 aromatic heterocycles. The normalized spacial score (nSPS) is 11.8. The van der Waals surface area contributed by atoms with Crippen LogP contribution in [0, 0.1) is 22.7 Å². The molecule has 38 heavy (non-hydrogen) atoms. The van der Waals surface area contributed by atoms with Crippen molar-refractivity contribution in [3.8, 4) is 17.8 Å². The fourth-order valence-corrected chi connectivity index (χ4v) is 6.85. The molecule has 0 bridgehead atoms. The Morgan fingerprint density at radius 3 is 1.87 bits per heavy atom. The molecule has 0 aliphatic carbocycles. The summed E-state index contributed by atoms with van der Waals surface area (Å²) in [6, 6.07) is 21.4. The van der Waals surface area contributed by atoms with Crippen LogP contribution in [-0.4, -0.2) is 4.57 Å². The van der Waals surface area contributed by atoms with E-state index in [4.69, 9.17) is 0 Å². The van der Waals surface area contributed by atoms with Gasteiger partial charge in [-0.05, 0) is 41.2 Å². The Balaban J connectivity index is 1.95. The Kier molecular flexibility index (Phi) is 5.35. The van der Waals surface area contributed by atoms with Gasteiger partial charge in [-0.1, -0.05) is 64.1 Å². The van der Waals surface area contributed by atoms with E-state index in [-0.39, 0.29) is 11.8 Å². The van der Waals surface area contributed by atoms with E-state index in [9.17, 15) is 20.1 Å². The van der Waals surface area contributed by atoms with E-state index in [1.807, 2.05) is 70.2 Å². The molecule has 0 saturated heterocycles. The van der Waals surface area contributed by atoms with Gasteiger partial charge in [-0.3, -0.25) is 9.59 Å². The number of rotatable bonds is 3. The summed E-state index contributed by atoms with van der Waals surface area (Å²) < 4.78 is 2.88. The maximum atomic E-state index is 14.3. The standard InChI is InChI=1S/C32H23N3O2S/c1-16(2)20-9-7-10-21(17(3)4)29(20)35-31(36)23-12-18(14-33)26-22-8-5-6-11-25(22)38-30-19(15-34)13-24(32(35)37)27(23)28(26)30/h5-13,16-17H,1-4H3. The van der Waals surface area contributed by atoms with Gasteiger partial charge in [0.2, 0.25) is 0 Å². The molecule has 184 valence electrons. The number of nitriles is 2. The van der Waals surface area contributed by atoms with E-state index in [1.165, 1.54) is 15.9 Å². The fraction of sp³-hybridized carbons (Fsp3) is 0.188. The lowest BCUT2D eigenvalue weighted by atomic mass is 9.90. The molecule has 0 radical (unpaired) electrons. The molecule has 6 rings (SSSR count). The van der Waals surface area contributed by atoms with Gasteiger partial charge in [0.05, 0.1) is 38.4 Å². The Morgan fingerprint density at radius 1 is 0.711 bits per heavy atom. The third kappa shape index (κ3) is 3.14. The van der Waals surface area contributed by atoms with Crippen LogP contribution in [0.5, 0.6) is 0 Å². The molecule has 0 fully saturated rings. The highest BCUT2D eigenvalue weighted by molar-refractivity contribution is 7.25. The Hall–Kier alpha value is -4.52. The molecule has 6 heteroatoms. The largest absolute Gasteiger partial charge is 0.268 e. The first-order chi connectivity index (χ1) is 18.3. The van der Waals surface area contributed by atoms with Crippen LogP contribution in [-0.2, 0) is 0 Å². The minimum atomic E-state index is -0.444. The predicted molar refractivity (Wildman–Crippen MR) is 155 cm³/mol. The molecule has 0 aliphatic heterocycles. The summed E-state index contributed by atoms with van der Waals surface area (Å²) >= 11 is 1.44. The lowest BCUT2D eigenvalue weighted by Crippen LogP contribution is -2.34. The van der Waals surface area contributed by atoms with Gasteiger partial charge in [0.1, 0.15) is 6.07 Å². The van der Waals surface area contributed by atoms with Crippen LogP contribution in [0.4, 0.5) is 0 Å². The first-order valence-electron chi connectivity index (χ1n) is 12.5. The van der Waals surface area contributed by atoms with Gasteiger partial charge in [-0.25, -0.2) is 4.57 Å². The smallest absolute Gasteiger partial charge is 0.266 e. The van der Waals surface area contributed by atoms with Crippen molar-refractivity contribution in [3.63, 3.8) is 0 Å². The summed E-state index contributed by atoms with van der Waals surface area (Å²) in [7, 11) is 0. The number of fused-ring (bicyclic) bond motifs is 2. The second-order valence-electron chi connectivity index (χ2n) is 10.3. The molecule has 0 atom stereocenters. The first kappa shape index (κ1) is 23.9. The van der Waals surface area contributed by atoms with Crippen molar-refractivity contribution >= 4 is 53.1 Å². The zero-order valence-electron chi connectivity index (χ0n) is 21.4. The van der Waals surface area contributed by atoms with Gasteiger partial charge < -0.3 is 0 Å². The van der Waals surface area contributed by atoms with E-state index in [0.717, 1.165) is 21.2 Å². The van der Waals surface area contributed by atoms with Crippen LogP contribution in [0.3, 0.4) is 0 Å². The molecule has 0 saturated carbocycles. The van der Waals surface area contributed by atoms with Gasteiger partial charge in [0, 0.05) is 26.2 Å². The second-order valence-corrected chi connectivity index (χ2v) is 11.3. The van der Waals surface area contributed by atoms with Crippen molar-refractivity contribution in [1.82, 2.24) is 4.57 Å². The van der Waals surface area contributed by atoms with Crippen LogP contribution < -0.4 is 11.1 Å². The summed E-state index contributed by atoms with van der Waals surface area (Å²) in [6.07, 6.45) is 0. The van der Waals surface area contributed by atoms with E-state index >= 15 is 0 Å². The fourth-order valence-electron chi connectivity index (χ4n) is 5.68. The summed E-state index contributed by atoms with van der Waals surface area (Å²) in [5.74, 6) is 0.136. The topological polar surface area (TPSA) is 86.7 Å². The number of aromatic nitrogens is 1. The number of benzene rings is 4. The van der Waals surface area contributed by atoms with Crippen molar-refractivity contribution in [1.29, 1.82) is 10.5 Å². The van der Waals surface area contributed by atoms with E-state index in [2.05, 4.69) is 12.1 Å². The molecular weight excluding hydrogens is 490 g/mol. The average molecular weight is 514 g/mol. The van der Waals surface area contributed by atoms with Gasteiger partial charge in [-0.15, -0.1) is 11.3 Å². The summed E-state index contributed by atoms with van der Waals surface area (Å²) in [5, 5.41) is 23.7. The lowest BCUT2D eigenvalue weighted by Gasteiger charge is -2.22. The van der Waals surface area contributed by atoms with Crippen LogP contribution in [0.25, 0.3) is 47.4 Å². The van der Waals surface area contributed by atoms with Crippen LogP contribution in [0.15, 0.2) is 64.2 Å². The van der Waals surface area contributed by atoms with Gasteiger partial charge in [0.15, 0.2) is 0 Å². The minimum Gasteiger partial charge on any atom is -0.268 e. The number of nitrogens with zero attached hydrogens (tertiary/aromatic N) is 3. The third-order valence-corrected chi connectivity index (χ3v) is 8.60.